The Morgan fingerprint density at radius 3 is 2.51 bits per heavy atom. The number of para-hydroxylation sites is 1. The second kappa shape index (κ2) is 8.90. The summed E-state index contributed by atoms with van der Waals surface area (Å²) in [6.07, 6.45) is 0. The maximum absolute atomic E-state index is 13.5. The third kappa shape index (κ3) is 4.03. The number of aryl methyl sites for hydroxylation is 2. The average molecular weight is 474 g/mol. The number of rotatable bonds is 5. The number of nitrogens with zero attached hydrogens (tertiary/aromatic N) is 5. The first kappa shape index (κ1) is 22.6. The Labute approximate surface area is 201 Å². The van der Waals surface area contributed by atoms with Gasteiger partial charge in [-0.05, 0) is 30.0 Å². The highest BCUT2D eigenvalue weighted by molar-refractivity contribution is 5.78. The normalized spacial score (nSPS) is 15.3. The van der Waals surface area contributed by atoms with Crippen LogP contribution in [0, 0.1) is 12.8 Å². The van der Waals surface area contributed by atoms with E-state index in [9.17, 15) is 14.4 Å². The molecule has 0 saturated heterocycles. The number of benzene rings is 2. The molecular formula is C26H27N5O4. The summed E-state index contributed by atoms with van der Waals surface area (Å²) in [5.41, 5.74) is 2.38. The van der Waals surface area contributed by atoms with E-state index in [2.05, 4.69) is 11.8 Å². The first-order valence-electron chi connectivity index (χ1n) is 11.6. The summed E-state index contributed by atoms with van der Waals surface area (Å²) >= 11 is 0. The maximum atomic E-state index is 13.5. The molecule has 1 atom stereocenters. The van der Waals surface area contributed by atoms with Crippen LogP contribution in [0.3, 0.4) is 0 Å². The lowest BCUT2D eigenvalue weighted by Crippen LogP contribution is -2.42. The molecule has 3 heterocycles. The van der Waals surface area contributed by atoms with Crippen LogP contribution in [0.25, 0.3) is 11.2 Å². The number of imidazole rings is 1. The number of carbonyl (C=O) groups is 1. The molecule has 0 radical (unpaired) electrons. The van der Waals surface area contributed by atoms with Crippen LogP contribution >= 0.6 is 0 Å². The van der Waals surface area contributed by atoms with Gasteiger partial charge in [0.25, 0.3) is 5.56 Å². The Kier molecular flexibility index (Phi) is 5.76. The fourth-order valence-corrected chi connectivity index (χ4v) is 4.63. The lowest BCUT2D eigenvalue weighted by Gasteiger charge is -2.33. The molecule has 1 aliphatic heterocycles. The molecule has 180 valence electrons. The largest absolute Gasteiger partial charge is 0.459 e. The van der Waals surface area contributed by atoms with Crippen molar-refractivity contribution >= 4 is 28.8 Å². The fraction of sp³-hybridized carbons (Fsp3) is 0.308. The molecule has 4 aromatic rings. The first-order valence-corrected chi connectivity index (χ1v) is 11.6. The lowest BCUT2D eigenvalue weighted by atomic mass is 10.1. The Morgan fingerprint density at radius 2 is 1.77 bits per heavy atom. The van der Waals surface area contributed by atoms with Crippen molar-refractivity contribution < 1.29 is 9.53 Å². The van der Waals surface area contributed by atoms with Crippen LogP contribution in [0.2, 0.25) is 0 Å². The Hall–Kier alpha value is -4.14. The molecule has 0 amide bonds. The molecule has 0 spiro atoms. The van der Waals surface area contributed by atoms with E-state index >= 15 is 0 Å². The number of hydrogen-bond acceptors (Lipinski definition) is 6. The molecular weight excluding hydrogens is 446 g/mol. The van der Waals surface area contributed by atoms with Gasteiger partial charge in [0.2, 0.25) is 5.95 Å². The molecule has 0 saturated carbocycles. The molecule has 0 N–H and O–H groups in total. The van der Waals surface area contributed by atoms with E-state index in [4.69, 9.17) is 9.72 Å². The van der Waals surface area contributed by atoms with Gasteiger partial charge in [-0.2, -0.15) is 4.98 Å². The number of esters is 1. The number of aromatic nitrogens is 4. The van der Waals surface area contributed by atoms with Gasteiger partial charge in [-0.3, -0.25) is 14.2 Å². The predicted molar refractivity (Wildman–Crippen MR) is 133 cm³/mol. The molecule has 35 heavy (non-hydrogen) atoms. The van der Waals surface area contributed by atoms with Crippen LogP contribution in [0.5, 0.6) is 0 Å². The van der Waals surface area contributed by atoms with E-state index in [-0.39, 0.29) is 12.5 Å². The molecule has 2 aromatic carbocycles. The molecule has 9 nitrogen and oxygen atoms in total. The van der Waals surface area contributed by atoms with Crippen LogP contribution in [0.1, 0.15) is 18.1 Å². The highest BCUT2D eigenvalue weighted by Crippen LogP contribution is 2.34. The molecule has 5 rings (SSSR count). The minimum atomic E-state index is -0.652. The molecule has 9 heteroatoms. The van der Waals surface area contributed by atoms with Gasteiger partial charge in [-0.25, -0.2) is 9.36 Å². The van der Waals surface area contributed by atoms with E-state index in [0.29, 0.717) is 23.7 Å². The van der Waals surface area contributed by atoms with Crippen LogP contribution in [-0.2, 0) is 36.3 Å². The molecule has 1 aliphatic rings. The van der Waals surface area contributed by atoms with E-state index in [1.807, 2.05) is 66.1 Å². The van der Waals surface area contributed by atoms with Crippen LogP contribution in [0.15, 0.2) is 64.2 Å². The quantitative estimate of drug-likeness (QED) is 0.414. The fourth-order valence-electron chi connectivity index (χ4n) is 4.63. The third-order valence-corrected chi connectivity index (χ3v) is 6.38. The van der Waals surface area contributed by atoms with E-state index in [1.54, 1.807) is 7.05 Å². The standard InChI is InChI=1S/C26H27N5O4/c1-17-13-29(20-12-8-7-9-18(20)2)25-27-23-22(30(25)14-17)24(33)31(26(34)28(23)3)15-21(32)35-16-19-10-5-4-6-11-19/h4-12,17H,13-16H2,1-3H3. The Morgan fingerprint density at radius 1 is 1.06 bits per heavy atom. The SMILES string of the molecule is Cc1ccccc1N1CC(C)Cn2c1nc1c2c(=O)n(CC(=O)OCc2ccccc2)c(=O)n1C. The summed E-state index contributed by atoms with van der Waals surface area (Å²) in [6.45, 7) is 5.07. The maximum Gasteiger partial charge on any atom is 0.333 e. The van der Waals surface area contributed by atoms with Crippen LogP contribution in [-0.4, -0.2) is 31.2 Å². The summed E-state index contributed by atoms with van der Waals surface area (Å²) in [7, 11) is 1.57. The van der Waals surface area contributed by atoms with Gasteiger partial charge in [0.05, 0.1) is 0 Å². The number of fused-ring (bicyclic) bond motifs is 3. The number of ether oxygens (including phenoxy) is 1. The van der Waals surface area contributed by atoms with Crippen molar-refractivity contribution in [1.29, 1.82) is 0 Å². The number of carbonyl (C=O) groups excluding carboxylic acids is 1. The summed E-state index contributed by atoms with van der Waals surface area (Å²) in [5.74, 6) is 0.199. The summed E-state index contributed by atoms with van der Waals surface area (Å²) in [5, 5.41) is 0. The van der Waals surface area contributed by atoms with Crippen molar-refractivity contribution in [2.45, 2.75) is 33.5 Å². The molecule has 2 aromatic heterocycles. The molecule has 0 bridgehead atoms. The van der Waals surface area contributed by atoms with E-state index in [1.165, 1.54) is 4.57 Å². The highest BCUT2D eigenvalue weighted by Gasteiger charge is 2.30. The minimum absolute atomic E-state index is 0.0714. The topological polar surface area (TPSA) is 91.4 Å². The van der Waals surface area contributed by atoms with E-state index in [0.717, 1.165) is 27.9 Å². The third-order valence-electron chi connectivity index (χ3n) is 6.38. The summed E-state index contributed by atoms with van der Waals surface area (Å²) in [6, 6.07) is 17.3. The lowest BCUT2D eigenvalue weighted by molar-refractivity contribution is -0.145. The van der Waals surface area contributed by atoms with Crippen molar-refractivity contribution in [2.24, 2.45) is 13.0 Å². The van der Waals surface area contributed by atoms with Gasteiger partial charge in [-0.1, -0.05) is 55.5 Å². The van der Waals surface area contributed by atoms with Gasteiger partial charge in [0.15, 0.2) is 11.2 Å². The van der Waals surface area contributed by atoms with Crippen molar-refractivity contribution in [1.82, 2.24) is 18.7 Å². The Bertz CT molecular complexity index is 1530. The van der Waals surface area contributed by atoms with Gasteiger partial charge < -0.3 is 14.2 Å². The van der Waals surface area contributed by atoms with Crippen LogP contribution in [0.4, 0.5) is 11.6 Å². The van der Waals surface area contributed by atoms with Gasteiger partial charge in [-0.15, -0.1) is 0 Å². The van der Waals surface area contributed by atoms with Crippen molar-refractivity contribution in [3.63, 3.8) is 0 Å². The van der Waals surface area contributed by atoms with Crippen molar-refractivity contribution in [3.8, 4) is 0 Å². The average Bonchev–Trinajstić information content (AvgIpc) is 3.24. The molecule has 1 unspecified atom stereocenters. The zero-order valence-corrected chi connectivity index (χ0v) is 20.0. The smallest absolute Gasteiger partial charge is 0.333 e. The predicted octanol–water partition coefficient (Wildman–Crippen LogP) is 2.74. The van der Waals surface area contributed by atoms with E-state index < -0.39 is 23.8 Å². The van der Waals surface area contributed by atoms with Crippen LogP contribution < -0.4 is 16.1 Å². The molecule has 0 aliphatic carbocycles. The monoisotopic (exact) mass is 473 g/mol. The van der Waals surface area contributed by atoms with Crippen molar-refractivity contribution in [3.05, 3.63) is 86.6 Å². The minimum Gasteiger partial charge on any atom is -0.459 e. The molecule has 0 fully saturated rings. The number of anilines is 2. The second-order valence-electron chi connectivity index (χ2n) is 9.08. The Balaban J connectivity index is 1.56. The van der Waals surface area contributed by atoms with Crippen molar-refractivity contribution in [2.75, 3.05) is 11.4 Å². The summed E-state index contributed by atoms with van der Waals surface area (Å²) in [4.78, 5) is 45.9. The van der Waals surface area contributed by atoms with Gasteiger partial charge in [0, 0.05) is 25.8 Å². The highest BCUT2D eigenvalue weighted by atomic mass is 16.5. The number of hydrogen-bond donors (Lipinski definition) is 0. The zero-order chi connectivity index (χ0) is 24.7. The summed E-state index contributed by atoms with van der Waals surface area (Å²) < 4.78 is 9.44. The second-order valence-corrected chi connectivity index (χ2v) is 9.08. The zero-order valence-electron chi connectivity index (χ0n) is 20.0. The van der Waals surface area contributed by atoms with Gasteiger partial charge in [0.1, 0.15) is 13.2 Å². The first-order chi connectivity index (χ1) is 16.8. The van der Waals surface area contributed by atoms with Gasteiger partial charge >= 0.3 is 11.7 Å².